The third-order valence-corrected chi connectivity index (χ3v) is 2.92. The van der Waals surface area contributed by atoms with E-state index in [2.05, 4.69) is 0 Å². The summed E-state index contributed by atoms with van der Waals surface area (Å²) in [6.45, 7) is 0. The van der Waals surface area contributed by atoms with Crippen LogP contribution in [0.2, 0.25) is 0 Å². The number of nitro groups is 1. The summed E-state index contributed by atoms with van der Waals surface area (Å²) < 4.78 is 0.0802. The number of hydrogen-bond donors (Lipinski definition) is 0. The van der Waals surface area contributed by atoms with Gasteiger partial charge < -0.3 is 0 Å². The lowest BCUT2D eigenvalue weighted by Crippen LogP contribution is -2.02. The van der Waals surface area contributed by atoms with Crippen molar-refractivity contribution in [3.05, 3.63) is 36.9 Å². The van der Waals surface area contributed by atoms with Crippen LogP contribution in [-0.4, -0.2) is 10.2 Å². The van der Waals surface area contributed by atoms with Gasteiger partial charge in [0.05, 0.1) is 22.1 Å². The molecule has 0 radical (unpaired) electrons. The fraction of sp³-hybridized carbons (Fsp3) is 0. The molecule has 15 heavy (non-hydrogen) atoms. The van der Waals surface area contributed by atoms with Crippen LogP contribution in [0.25, 0.3) is 0 Å². The number of rotatable bonds is 2. The maximum atomic E-state index is 11.0. The molecular formula is C8H2ClIN2O3. The Balaban J connectivity index is 3.58. The zero-order valence-electron chi connectivity index (χ0n) is 7.03. The number of nitriles is 1. The highest BCUT2D eigenvalue weighted by Crippen LogP contribution is 2.28. The summed E-state index contributed by atoms with van der Waals surface area (Å²) in [6.07, 6.45) is 0. The molecule has 1 rings (SSSR count). The van der Waals surface area contributed by atoms with E-state index in [0.29, 0.717) is 0 Å². The van der Waals surface area contributed by atoms with Gasteiger partial charge in [0.25, 0.3) is 10.9 Å². The second kappa shape index (κ2) is 4.55. The number of carbonyl (C=O) groups excluding carboxylic acids is 1. The van der Waals surface area contributed by atoms with Gasteiger partial charge in [0.15, 0.2) is 0 Å². The monoisotopic (exact) mass is 336 g/mol. The molecule has 76 valence electrons. The highest BCUT2D eigenvalue weighted by molar-refractivity contribution is 14.1. The van der Waals surface area contributed by atoms with Gasteiger partial charge in [-0.15, -0.1) is 0 Å². The van der Waals surface area contributed by atoms with E-state index in [1.165, 1.54) is 12.1 Å². The van der Waals surface area contributed by atoms with Crippen LogP contribution < -0.4 is 0 Å². The number of hydrogen-bond acceptors (Lipinski definition) is 4. The third-order valence-electron chi connectivity index (χ3n) is 1.64. The van der Waals surface area contributed by atoms with Crippen LogP contribution in [-0.2, 0) is 0 Å². The van der Waals surface area contributed by atoms with Crippen LogP contribution in [0, 0.1) is 25.0 Å². The molecule has 0 unspecified atom stereocenters. The summed E-state index contributed by atoms with van der Waals surface area (Å²) in [5.74, 6) is 0. The van der Waals surface area contributed by atoms with E-state index in [-0.39, 0.29) is 20.4 Å². The van der Waals surface area contributed by atoms with Gasteiger partial charge in [0.1, 0.15) is 3.57 Å². The van der Waals surface area contributed by atoms with Gasteiger partial charge in [-0.1, -0.05) is 0 Å². The first-order valence-electron chi connectivity index (χ1n) is 3.56. The molecule has 0 bridgehead atoms. The summed E-state index contributed by atoms with van der Waals surface area (Å²) in [4.78, 5) is 20.9. The first-order valence-corrected chi connectivity index (χ1v) is 5.01. The average molecular weight is 336 g/mol. The van der Waals surface area contributed by atoms with Gasteiger partial charge in [0.2, 0.25) is 0 Å². The number of halogens is 2. The zero-order valence-corrected chi connectivity index (χ0v) is 9.94. The van der Waals surface area contributed by atoms with E-state index in [1.54, 1.807) is 28.7 Å². The van der Waals surface area contributed by atoms with Crippen molar-refractivity contribution in [2.24, 2.45) is 0 Å². The highest BCUT2D eigenvalue weighted by atomic mass is 127. The Morgan fingerprint density at radius 2 is 2.20 bits per heavy atom. The van der Waals surface area contributed by atoms with Crippen LogP contribution >= 0.6 is 34.2 Å². The van der Waals surface area contributed by atoms with Gasteiger partial charge in [-0.2, -0.15) is 5.26 Å². The Hall–Kier alpha value is -1.20. The Morgan fingerprint density at radius 1 is 1.60 bits per heavy atom. The molecule has 0 N–H and O–H groups in total. The largest absolute Gasteiger partial charge is 0.283 e. The lowest BCUT2D eigenvalue weighted by atomic mass is 10.1. The summed E-state index contributed by atoms with van der Waals surface area (Å²) in [5.41, 5.74) is -0.322. The molecule has 7 heteroatoms. The molecule has 0 aromatic heterocycles. The van der Waals surface area contributed by atoms with Crippen LogP contribution in [0.4, 0.5) is 5.69 Å². The minimum atomic E-state index is -0.875. The lowest BCUT2D eigenvalue weighted by Gasteiger charge is -2.01. The lowest BCUT2D eigenvalue weighted by molar-refractivity contribution is -0.385. The molecule has 0 aliphatic rings. The quantitative estimate of drug-likeness (QED) is 0.359. The fourth-order valence-corrected chi connectivity index (χ4v) is 2.26. The van der Waals surface area contributed by atoms with Crippen molar-refractivity contribution in [2.75, 3.05) is 0 Å². The molecule has 0 atom stereocenters. The maximum Gasteiger partial charge on any atom is 0.283 e. The maximum absolute atomic E-state index is 11.0. The van der Waals surface area contributed by atoms with Crippen molar-refractivity contribution in [2.45, 2.75) is 0 Å². The Bertz CT molecular complexity index is 495. The van der Waals surface area contributed by atoms with E-state index in [4.69, 9.17) is 16.9 Å². The molecule has 1 aromatic rings. The molecule has 0 heterocycles. The number of benzene rings is 1. The van der Waals surface area contributed by atoms with E-state index in [9.17, 15) is 14.9 Å². The summed E-state index contributed by atoms with van der Waals surface area (Å²) in [6, 6.07) is 4.13. The third kappa shape index (κ3) is 2.24. The van der Waals surface area contributed by atoms with Gasteiger partial charge in [-0.3, -0.25) is 14.9 Å². The molecule has 0 aliphatic heterocycles. The van der Waals surface area contributed by atoms with Gasteiger partial charge >= 0.3 is 0 Å². The minimum Gasteiger partial charge on any atom is -0.276 e. The van der Waals surface area contributed by atoms with E-state index in [0.717, 1.165) is 0 Å². The summed E-state index contributed by atoms with van der Waals surface area (Å²) >= 11 is 6.87. The standard InChI is InChI=1S/C8H2ClIN2O3/c9-8(13)6-4(3-11)1-2-5(7(6)10)12(14)15/h1-2H. The van der Waals surface area contributed by atoms with Crippen molar-refractivity contribution >= 4 is 45.1 Å². The predicted molar refractivity (Wildman–Crippen MR) is 60.7 cm³/mol. The number of nitro benzene ring substituents is 1. The fourth-order valence-electron chi connectivity index (χ4n) is 0.991. The van der Waals surface area contributed by atoms with Gasteiger partial charge in [-0.05, 0) is 40.3 Å². The topological polar surface area (TPSA) is 84.0 Å². The van der Waals surface area contributed by atoms with E-state index in [1.807, 2.05) is 0 Å². The van der Waals surface area contributed by atoms with Crippen LogP contribution in [0.5, 0.6) is 0 Å². The Morgan fingerprint density at radius 3 is 2.60 bits per heavy atom. The molecule has 0 spiro atoms. The Labute approximate surface area is 103 Å². The molecule has 0 saturated carbocycles. The van der Waals surface area contributed by atoms with Gasteiger partial charge in [-0.25, -0.2) is 0 Å². The molecule has 0 saturated heterocycles. The first kappa shape index (κ1) is 11.9. The smallest absolute Gasteiger partial charge is 0.276 e. The molecule has 0 amide bonds. The zero-order chi connectivity index (χ0) is 11.6. The van der Waals surface area contributed by atoms with Crippen LogP contribution in [0.15, 0.2) is 12.1 Å². The highest BCUT2D eigenvalue weighted by Gasteiger charge is 2.22. The van der Waals surface area contributed by atoms with Crippen molar-refractivity contribution in [1.82, 2.24) is 0 Å². The molecule has 5 nitrogen and oxygen atoms in total. The van der Waals surface area contributed by atoms with Crippen LogP contribution in [0.1, 0.15) is 15.9 Å². The molecule has 1 aromatic carbocycles. The predicted octanol–water partition coefficient (Wildman–Crippen LogP) is 2.45. The molecule has 0 fully saturated rings. The number of nitrogens with zero attached hydrogens (tertiary/aromatic N) is 2. The second-order valence-corrected chi connectivity index (χ2v) is 3.89. The number of carbonyl (C=O) groups is 1. The second-order valence-electron chi connectivity index (χ2n) is 2.46. The molecule has 0 aliphatic carbocycles. The average Bonchev–Trinajstić information content (AvgIpc) is 2.15. The normalized spacial score (nSPS) is 9.40. The van der Waals surface area contributed by atoms with E-state index < -0.39 is 10.2 Å². The SMILES string of the molecule is N#Cc1ccc([N+](=O)[O-])c(I)c1C(=O)Cl. The first-order chi connectivity index (χ1) is 6.99. The minimum absolute atomic E-state index is 0.0324. The summed E-state index contributed by atoms with van der Waals surface area (Å²) in [7, 11) is 0. The van der Waals surface area contributed by atoms with E-state index >= 15 is 0 Å². The van der Waals surface area contributed by atoms with Gasteiger partial charge in [0, 0.05) is 6.07 Å². The van der Waals surface area contributed by atoms with Crippen LogP contribution in [0.3, 0.4) is 0 Å². The van der Waals surface area contributed by atoms with Crippen molar-refractivity contribution in [3.8, 4) is 6.07 Å². The van der Waals surface area contributed by atoms with Crippen molar-refractivity contribution < 1.29 is 9.72 Å². The summed E-state index contributed by atoms with van der Waals surface area (Å²) in [5, 5.41) is 18.4. The van der Waals surface area contributed by atoms with Crippen molar-refractivity contribution in [3.63, 3.8) is 0 Å². The Kier molecular flexibility index (Phi) is 3.60. The van der Waals surface area contributed by atoms with Crippen molar-refractivity contribution in [1.29, 1.82) is 5.26 Å². The molecular weight excluding hydrogens is 334 g/mol.